The van der Waals surface area contributed by atoms with Gasteiger partial charge in [0.05, 0.1) is 6.10 Å². The van der Waals surface area contributed by atoms with Gasteiger partial charge < -0.3 is 10.1 Å². The third-order valence-corrected chi connectivity index (χ3v) is 6.08. The highest BCUT2D eigenvalue weighted by Crippen LogP contribution is 2.74. The summed E-state index contributed by atoms with van der Waals surface area (Å²) in [5.41, 5.74) is 1.21. The zero-order valence-electron chi connectivity index (χ0n) is 11.6. The fourth-order valence-corrected chi connectivity index (χ4v) is 4.42. The average Bonchev–Trinajstić information content (AvgIpc) is 3.19. The number of ether oxygens (including phenoxy) is 1. The molecular weight excluding hydrogens is 210 g/mol. The summed E-state index contributed by atoms with van der Waals surface area (Å²) in [6.07, 6.45) is 8.68. The molecule has 0 aromatic heterocycles. The lowest BCUT2D eigenvalue weighted by Gasteiger charge is -2.30. The number of hydrogen-bond donors (Lipinski definition) is 1. The Morgan fingerprint density at radius 2 is 1.76 bits per heavy atom. The molecule has 3 fully saturated rings. The van der Waals surface area contributed by atoms with Crippen molar-refractivity contribution in [3.63, 3.8) is 0 Å². The molecule has 2 nitrogen and oxygen atoms in total. The highest BCUT2D eigenvalue weighted by Gasteiger charge is 2.69. The monoisotopic (exact) mass is 237 g/mol. The quantitative estimate of drug-likeness (QED) is 0.811. The summed E-state index contributed by atoms with van der Waals surface area (Å²) in [6, 6.07) is 0.860. The lowest BCUT2D eigenvalue weighted by Crippen LogP contribution is -2.26. The predicted molar refractivity (Wildman–Crippen MR) is 70.0 cm³/mol. The molecule has 0 aromatic carbocycles. The minimum absolute atomic E-state index is 0.536. The molecule has 1 N–H and O–H groups in total. The number of rotatable bonds is 4. The second kappa shape index (κ2) is 3.96. The Balaban J connectivity index is 1.58. The van der Waals surface area contributed by atoms with Crippen molar-refractivity contribution in [1.29, 1.82) is 0 Å². The van der Waals surface area contributed by atoms with E-state index in [-0.39, 0.29) is 0 Å². The topological polar surface area (TPSA) is 21.3 Å². The molecule has 0 amide bonds. The minimum atomic E-state index is 0.536. The molecule has 1 unspecified atom stereocenters. The van der Waals surface area contributed by atoms with Crippen molar-refractivity contribution in [2.45, 2.75) is 64.5 Å². The maximum atomic E-state index is 5.51. The Morgan fingerprint density at radius 1 is 1.12 bits per heavy atom. The van der Waals surface area contributed by atoms with Crippen LogP contribution in [0.2, 0.25) is 0 Å². The van der Waals surface area contributed by atoms with E-state index in [1.807, 2.05) is 7.11 Å². The molecular formula is C15H27NO. The van der Waals surface area contributed by atoms with Crippen LogP contribution in [0.1, 0.15) is 52.4 Å². The molecule has 0 aliphatic heterocycles. The van der Waals surface area contributed by atoms with Gasteiger partial charge in [-0.25, -0.2) is 0 Å². The first-order chi connectivity index (χ1) is 8.10. The summed E-state index contributed by atoms with van der Waals surface area (Å²) in [5.74, 6) is 0.911. The molecule has 0 heterocycles. The summed E-state index contributed by atoms with van der Waals surface area (Å²) in [6.45, 7) is 6.23. The molecule has 3 saturated carbocycles. The predicted octanol–water partition coefficient (Wildman–Crippen LogP) is 2.97. The van der Waals surface area contributed by atoms with Crippen molar-refractivity contribution in [2.24, 2.45) is 16.7 Å². The highest BCUT2D eigenvalue weighted by atomic mass is 16.5. The number of nitrogens with one attached hydrogen (secondary N) is 1. The van der Waals surface area contributed by atoms with Gasteiger partial charge in [0.25, 0.3) is 0 Å². The van der Waals surface area contributed by atoms with Crippen molar-refractivity contribution in [1.82, 2.24) is 5.32 Å². The second-order valence-electron chi connectivity index (χ2n) is 7.05. The van der Waals surface area contributed by atoms with E-state index in [0.29, 0.717) is 16.9 Å². The van der Waals surface area contributed by atoms with E-state index in [0.717, 1.165) is 12.0 Å². The van der Waals surface area contributed by atoms with Gasteiger partial charge in [0.2, 0.25) is 0 Å². The molecule has 17 heavy (non-hydrogen) atoms. The first kappa shape index (κ1) is 12.0. The first-order valence-corrected chi connectivity index (χ1v) is 7.36. The fraction of sp³-hybridized carbons (Fsp3) is 1.00. The summed E-state index contributed by atoms with van der Waals surface area (Å²) >= 11 is 0. The van der Waals surface area contributed by atoms with Gasteiger partial charge in [-0.3, -0.25) is 0 Å². The van der Waals surface area contributed by atoms with Gasteiger partial charge in [0.1, 0.15) is 0 Å². The zero-order valence-corrected chi connectivity index (χ0v) is 11.6. The van der Waals surface area contributed by atoms with Gasteiger partial charge in [-0.05, 0) is 61.8 Å². The molecule has 2 heteroatoms. The molecule has 3 rings (SSSR count). The molecule has 98 valence electrons. The maximum Gasteiger partial charge on any atom is 0.0571 e. The molecule has 1 atom stereocenters. The van der Waals surface area contributed by atoms with E-state index < -0.39 is 0 Å². The average molecular weight is 237 g/mol. The van der Waals surface area contributed by atoms with Gasteiger partial charge in [0, 0.05) is 13.2 Å². The largest absolute Gasteiger partial charge is 0.381 e. The first-order valence-electron chi connectivity index (χ1n) is 7.36. The van der Waals surface area contributed by atoms with Gasteiger partial charge >= 0.3 is 0 Å². The van der Waals surface area contributed by atoms with Crippen molar-refractivity contribution in [3.05, 3.63) is 0 Å². The van der Waals surface area contributed by atoms with Crippen LogP contribution in [0.15, 0.2) is 0 Å². The van der Waals surface area contributed by atoms with E-state index in [9.17, 15) is 0 Å². The normalized spacial score (nSPS) is 43.9. The Labute approximate surface area is 105 Å². The lowest BCUT2D eigenvalue weighted by molar-refractivity contribution is 0.0433. The van der Waals surface area contributed by atoms with Crippen LogP contribution < -0.4 is 5.32 Å². The van der Waals surface area contributed by atoms with Crippen LogP contribution in [-0.2, 0) is 4.74 Å². The standard InChI is InChI=1S/C15H27NO/c1-14(2)13(10-16-11-4-5-11)15(14)8-6-12(17-3)7-9-15/h11-13,16H,4-10H2,1-3H3. The van der Waals surface area contributed by atoms with E-state index in [4.69, 9.17) is 4.74 Å². The van der Waals surface area contributed by atoms with Crippen LogP contribution in [-0.4, -0.2) is 25.8 Å². The fourth-order valence-electron chi connectivity index (χ4n) is 4.42. The van der Waals surface area contributed by atoms with Crippen LogP contribution in [0.4, 0.5) is 0 Å². The Kier molecular flexibility index (Phi) is 2.79. The number of hydrogen-bond acceptors (Lipinski definition) is 2. The van der Waals surface area contributed by atoms with Gasteiger partial charge in [0.15, 0.2) is 0 Å². The third-order valence-electron chi connectivity index (χ3n) is 6.08. The van der Waals surface area contributed by atoms with Crippen LogP contribution >= 0.6 is 0 Å². The van der Waals surface area contributed by atoms with E-state index in [2.05, 4.69) is 19.2 Å². The Hall–Kier alpha value is -0.0800. The lowest BCUT2D eigenvalue weighted by atomic mass is 9.79. The summed E-state index contributed by atoms with van der Waals surface area (Å²) in [7, 11) is 1.87. The minimum Gasteiger partial charge on any atom is -0.381 e. The molecule has 3 aliphatic carbocycles. The van der Waals surface area contributed by atoms with Crippen molar-refractivity contribution >= 4 is 0 Å². The van der Waals surface area contributed by atoms with Gasteiger partial charge in [-0.1, -0.05) is 13.8 Å². The van der Waals surface area contributed by atoms with Gasteiger partial charge in [-0.15, -0.1) is 0 Å². The summed E-state index contributed by atoms with van der Waals surface area (Å²) < 4.78 is 5.51. The molecule has 0 radical (unpaired) electrons. The molecule has 3 aliphatic rings. The molecule has 0 aromatic rings. The zero-order chi connectivity index (χ0) is 12.1. The summed E-state index contributed by atoms with van der Waals surface area (Å²) in [4.78, 5) is 0. The van der Waals surface area contributed by atoms with E-state index in [1.54, 1.807) is 0 Å². The summed E-state index contributed by atoms with van der Waals surface area (Å²) in [5, 5.41) is 3.74. The van der Waals surface area contributed by atoms with E-state index >= 15 is 0 Å². The highest BCUT2D eigenvalue weighted by molar-refractivity contribution is 5.19. The number of methoxy groups -OCH3 is 1. The van der Waals surface area contributed by atoms with Crippen molar-refractivity contribution < 1.29 is 4.74 Å². The molecule has 0 bridgehead atoms. The SMILES string of the molecule is COC1CCC2(CC1)C(CNC1CC1)C2(C)C. The van der Waals surface area contributed by atoms with Crippen molar-refractivity contribution in [3.8, 4) is 0 Å². The molecule has 1 spiro atoms. The smallest absolute Gasteiger partial charge is 0.0571 e. The van der Waals surface area contributed by atoms with Crippen LogP contribution in [0.25, 0.3) is 0 Å². The third kappa shape index (κ3) is 1.84. The van der Waals surface area contributed by atoms with Crippen LogP contribution in [0, 0.1) is 16.7 Å². The van der Waals surface area contributed by atoms with Crippen LogP contribution in [0.5, 0.6) is 0 Å². The van der Waals surface area contributed by atoms with E-state index in [1.165, 1.54) is 45.1 Å². The Morgan fingerprint density at radius 3 is 2.29 bits per heavy atom. The Bertz CT molecular complexity index is 287. The molecule has 0 saturated heterocycles. The van der Waals surface area contributed by atoms with Crippen LogP contribution in [0.3, 0.4) is 0 Å². The van der Waals surface area contributed by atoms with Gasteiger partial charge in [-0.2, -0.15) is 0 Å². The maximum absolute atomic E-state index is 5.51. The second-order valence-corrected chi connectivity index (χ2v) is 7.05. The van der Waals surface area contributed by atoms with Crippen molar-refractivity contribution in [2.75, 3.05) is 13.7 Å².